The predicted molar refractivity (Wildman–Crippen MR) is 68.7 cm³/mol. The van der Waals surface area contributed by atoms with Crippen molar-refractivity contribution in [2.45, 2.75) is 12.2 Å². The first-order valence-corrected chi connectivity index (χ1v) is 6.26. The van der Waals surface area contributed by atoms with Gasteiger partial charge in [0.1, 0.15) is 12.2 Å². The van der Waals surface area contributed by atoms with E-state index in [1.807, 2.05) is 7.05 Å². The standard InChI is InChI=1S/C12H15Cl2NO2/c1-15-4-5-17-11(7-15)12(16)9-6-8(13)2-3-10(9)14/h2-3,6,11-12,16H,4-5,7H2,1H3. The van der Waals surface area contributed by atoms with Crippen LogP contribution in [0.1, 0.15) is 11.7 Å². The molecule has 1 fully saturated rings. The van der Waals surface area contributed by atoms with Crippen molar-refractivity contribution in [2.75, 3.05) is 26.7 Å². The number of likely N-dealkylation sites (N-methyl/N-ethyl adjacent to an activating group) is 1. The Morgan fingerprint density at radius 1 is 1.47 bits per heavy atom. The highest BCUT2D eigenvalue weighted by Crippen LogP contribution is 2.30. The molecule has 2 atom stereocenters. The summed E-state index contributed by atoms with van der Waals surface area (Å²) in [6.07, 6.45) is -1.01. The van der Waals surface area contributed by atoms with Gasteiger partial charge in [0.2, 0.25) is 0 Å². The van der Waals surface area contributed by atoms with Crippen LogP contribution in [0, 0.1) is 0 Å². The SMILES string of the molecule is CN1CCOC(C(O)c2cc(Cl)ccc2Cl)C1. The largest absolute Gasteiger partial charge is 0.386 e. The van der Waals surface area contributed by atoms with Crippen LogP contribution in [0.5, 0.6) is 0 Å². The van der Waals surface area contributed by atoms with E-state index in [1.165, 1.54) is 0 Å². The molecule has 0 radical (unpaired) electrons. The molecule has 0 saturated carbocycles. The van der Waals surface area contributed by atoms with Crippen LogP contribution in [0.25, 0.3) is 0 Å². The molecule has 1 N–H and O–H groups in total. The third-order valence-corrected chi connectivity index (χ3v) is 3.50. The summed E-state index contributed by atoms with van der Waals surface area (Å²) in [6, 6.07) is 5.08. The molecule has 1 saturated heterocycles. The van der Waals surface area contributed by atoms with Gasteiger partial charge in [0.15, 0.2) is 0 Å². The average Bonchev–Trinajstić information content (AvgIpc) is 2.31. The maximum Gasteiger partial charge on any atom is 0.108 e. The lowest BCUT2D eigenvalue weighted by atomic mass is 10.0. The van der Waals surface area contributed by atoms with E-state index in [9.17, 15) is 5.11 Å². The van der Waals surface area contributed by atoms with E-state index in [2.05, 4.69) is 4.90 Å². The highest BCUT2D eigenvalue weighted by Gasteiger charge is 2.27. The van der Waals surface area contributed by atoms with E-state index in [4.69, 9.17) is 27.9 Å². The highest BCUT2D eigenvalue weighted by molar-refractivity contribution is 6.33. The van der Waals surface area contributed by atoms with Gasteiger partial charge in [0.25, 0.3) is 0 Å². The summed E-state index contributed by atoms with van der Waals surface area (Å²) in [5, 5.41) is 11.3. The fourth-order valence-electron chi connectivity index (χ4n) is 1.94. The summed E-state index contributed by atoms with van der Waals surface area (Å²) in [4.78, 5) is 2.12. The lowest BCUT2D eigenvalue weighted by Crippen LogP contribution is -2.43. The van der Waals surface area contributed by atoms with Gasteiger partial charge in [-0.15, -0.1) is 0 Å². The molecule has 0 aliphatic carbocycles. The van der Waals surface area contributed by atoms with Gasteiger partial charge in [-0.2, -0.15) is 0 Å². The van der Waals surface area contributed by atoms with E-state index in [0.29, 0.717) is 28.8 Å². The van der Waals surface area contributed by atoms with Crippen LogP contribution < -0.4 is 0 Å². The fourth-order valence-corrected chi connectivity index (χ4v) is 2.35. The average molecular weight is 276 g/mol. The first-order valence-electron chi connectivity index (χ1n) is 5.51. The van der Waals surface area contributed by atoms with Gasteiger partial charge in [-0.25, -0.2) is 0 Å². The van der Waals surface area contributed by atoms with Crippen molar-refractivity contribution in [1.82, 2.24) is 4.90 Å². The number of ether oxygens (including phenoxy) is 1. The van der Waals surface area contributed by atoms with Crippen molar-refractivity contribution >= 4 is 23.2 Å². The van der Waals surface area contributed by atoms with Gasteiger partial charge >= 0.3 is 0 Å². The number of aliphatic hydroxyl groups is 1. The van der Waals surface area contributed by atoms with E-state index in [1.54, 1.807) is 18.2 Å². The van der Waals surface area contributed by atoms with Gasteiger partial charge in [-0.1, -0.05) is 23.2 Å². The van der Waals surface area contributed by atoms with Gasteiger partial charge < -0.3 is 14.7 Å². The second-order valence-electron chi connectivity index (χ2n) is 4.28. The summed E-state index contributed by atoms with van der Waals surface area (Å²) in [7, 11) is 2.00. The lowest BCUT2D eigenvalue weighted by Gasteiger charge is -2.33. The third kappa shape index (κ3) is 3.12. The van der Waals surface area contributed by atoms with Crippen molar-refractivity contribution in [1.29, 1.82) is 0 Å². The van der Waals surface area contributed by atoms with Gasteiger partial charge in [0.05, 0.1) is 6.61 Å². The van der Waals surface area contributed by atoms with Crippen LogP contribution in [-0.2, 0) is 4.74 Å². The van der Waals surface area contributed by atoms with Crippen LogP contribution in [0.4, 0.5) is 0 Å². The maximum absolute atomic E-state index is 10.3. The minimum absolute atomic E-state index is 0.260. The molecule has 1 heterocycles. The minimum atomic E-state index is -0.746. The first-order chi connectivity index (χ1) is 8.08. The van der Waals surface area contributed by atoms with Crippen LogP contribution in [0.2, 0.25) is 10.0 Å². The van der Waals surface area contributed by atoms with Crippen LogP contribution in [0.3, 0.4) is 0 Å². The van der Waals surface area contributed by atoms with Crippen molar-refractivity contribution in [2.24, 2.45) is 0 Å². The summed E-state index contributed by atoms with van der Waals surface area (Å²) in [5.74, 6) is 0. The number of aliphatic hydroxyl groups excluding tert-OH is 1. The Bertz CT molecular complexity index is 400. The number of nitrogens with zero attached hydrogens (tertiary/aromatic N) is 1. The molecule has 3 nitrogen and oxygen atoms in total. The van der Waals surface area contributed by atoms with E-state index in [0.717, 1.165) is 6.54 Å². The molecule has 0 aromatic heterocycles. The van der Waals surface area contributed by atoms with E-state index >= 15 is 0 Å². The van der Waals surface area contributed by atoms with E-state index < -0.39 is 6.10 Å². The molecule has 0 bridgehead atoms. The topological polar surface area (TPSA) is 32.7 Å². The number of benzene rings is 1. The molecule has 2 unspecified atom stereocenters. The molecule has 0 spiro atoms. The molecule has 5 heteroatoms. The van der Waals surface area contributed by atoms with Gasteiger partial charge in [0, 0.05) is 28.7 Å². The Hall–Kier alpha value is -0.320. The molecule has 1 aliphatic heterocycles. The molecule has 94 valence electrons. The summed E-state index contributed by atoms with van der Waals surface area (Å²) in [5.41, 5.74) is 0.625. The number of halogens is 2. The first kappa shape index (κ1) is 13.1. The zero-order valence-corrected chi connectivity index (χ0v) is 11.1. The zero-order valence-electron chi connectivity index (χ0n) is 9.57. The second kappa shape index (κ2) is 5.55. The smallest absolute Gasteiger partial charge is 0.108 e. The van der Waals surface area contributed by atoms with E-state index in [-0.39, 0.29) is 6.10 Å². The Morgan fingerprint density at radius 3 is 2.94 bits per heavy atom. The van der Waals surface area contributed by atoms with Crippen molar-refractivity contribution < 1.29 is 9.84 Å². The molecule has 1 aliphatic rings. The van der Waals surface area contributed by atoms with Crippen molar-refractivity contribution in [3.05, 3.63) is 33.8 Å². The van der Waals surface area contributed by atoms with Gasteiger partial charge in [-0.3, -0.25) is 0 Å². The van der Waals surface area contributed by atoms with Crippen molar-refractivity contribution in [3.63, 3.8) is 0 Å². The zero-order chi connectivity index (χ0) is 12.4. The normalized spacial score (nSPS) is 23.6. The van der Waals surface area contributed by atoms with Crippen LogP contribution in [0.15, 0.2) is 18.2 Å². The number of morpholine rings is 1. The molecule has 17 heavy (non-hydrogen) atoms. The summed E-state index contributed by atoms with van der Waals surface area (Å²) < 4.78 is 5.57. The summed E-state index contributed by atoms with van der Waals surface area (Å²) >= 11 is 12.0. The second-order valence-corrected chi connectivity index (χ2v) is 5.13. The fraction of sp³-hybridized carbons (Fsp3) is 0.500. The number of rotatable bonds is 2. The van der Waals surface area contributed by atoms with Crippen LogP contribution >= 0.6 is 23.2 Å². The molecule has 1 aromatic carbocycles. The number of hydrogen-bond donors (Lipinski definition) is 1. The summed E-state index contributed by atoms with van der Waals surface area (Å²) in [6.45, 7) is 2.19. The van der Waals surface area contributed by atoms with Crippen LogP contribution in [-0.4, -0.2) is 42.9 Å². The molecular weight excluding hydrogens is 261 g/mol. The maximum atomic E-state index is 10.3. The highest BCUT2D eigenvalue weighted by atomic mass is 35.5. The number of hydrogen-bond acceptors (Lipinski definition) is 3. The quantitative estimate of drug-likeness (QED) is 0.900. The minimum Gasteiger partial charge on any atom is -0.386 e. The lowest BCUT2D eigenvalue weighted by molar-refractivity contribution is -0.0844. The molecule has 2 rings (SSSR count). The molecular formula is C12H15Cl2NO2. The Labute approximate surface area is 111 Å². The Kier molecular flexibility index (Phi) is 4.28. The Balaban J connectivity index is 2.18. The Morgan fingerprint density at radius 2 is 2.24 bits per heavy atom. The van der Waals surface area contributed by atoms with Crippen molar-refractivity contribution in [3.8, 4) is 0 Å². The predicted octanol–water partition coefficient (Wildman–Crippen LogP) is 2.36. The monoisotopic (exact) mass is 275 g/mol. The van der Waals surface area contributed by atoms with Gasteiger partial charge in [-0.05, 0) is 25.2 Å². The molecule has 1 aromatic rings. The third-order valence-electron chi connectivity index (χ3n) is 2.93. The molecule has 0 amide bonds.